The third-order valence-electron chi connectivity index (χ3n) is 8.89. The van der Waals surface area contributed by atoms with E-state index in [0.29, 0.717) is 11.8 Å². The van der Waals surface area contributed by atoms with Crippen LogP contribution in [0.4, 0.5) is 0 Å². The summed E-state index contributed by atoms with van der Waals surface area (Å²) in [6.45, 7) is 11.7. The Morgan fingerprint density at radius 3 is 1.77 bits per heavy atom. The molecule has 1 aromatic heterocycles. The van der Waals surface area contributed by atoms with Gasteiger partial charge in [0, 0.05) is 24.4 Å². The molecule has 0 amide bonds. The molecular weight excluding hydrogens is 366 g/mol. The Kier molecular flexibility index (Phi) is 7.49. The van der Waals surface area contributed by atoms with Crippen LogP contribution >= 0.6 is 0 Å². The van der Waals surface area contributed by atoms with Gasteiger partial charge in [-0.15, -0.1) is 0 Å². The van der Waals surface area contributed by atoms with Crippen LogP contribution in [0.15, 0.2) is 12.4 Å². The maximum atomic E-state index is 4.60. The van der Waals surface area contributed by atoms with Crippen LogP contribution in [0.2, 0.25) is 0 Å². The highest BCUT2D eigenvalue weighted by Gasteiger charge is 2.34. The van der Waals surface area contributed by atoms with Crippen LogP contribution in [0.5, 0.6) is 0 Å². The van der Waals surface area contributed by atoms with E-state index in [1.165, 1.54) is 82.9 Å². The van der Waals surface area contributed by atoms with Crippen molar-refractivity contribution in [3.8, 4) is 0 Å². The molecule has 0 radical (unpaired) electrons. The molecule has 3 aliphatic rings. The van der Waals surface area contributed by atoms with E-state index >= 15 is 0 Å². The molecule has 1 aromatic rings. The third kappa shape index (κ3) is 5.26. The number of rotatable bonds is 5. The standard InChI is InChI=1S/C27H45N3/c1-19(2)21-5-7-22(8-6-21)23-9-11-26(12-10-23)30-15-13-24(14-16-30)25-17-28-27(20(3)4)29-18-25/h17-24,26H,5-16H2,1-4H3/t21-,22-,23?,26?. The Labute approximate surface area is 185 Å². The van der Waals surface area contributed by atoms with Gasteiger partial charge in [-0.3, -0.25) is 0 Å². The fraction of sp³-hybridized carbons (Fsp3) is 0.852. The van der Waals surface area contributed by atoms with E-state index in [1.54, 1.807) is 0 Å². The molecule has 0 unspecified atom stereocenters. The Morgan fingerprint density at radius 2 is 1.27 bits per heavy atom. The van der Waals surface area contributed by atoms with Crippen molar-refractivity contribution < 1.29 is 0 Å². The fourth-order valence-electron chi connectivity index (χ4n) is 6.68. The fourth-order valence-corrected chi connectivity index (χ4v) is 6.68. The monoisotopic (exact) mass is 411 g/mol. The van der Waals surface area contributed by atoms with E-state index in [9.17, 15) is 0 Å². The molecule has 30 heavy (non-hydrogen) atoms. The second-order valence-corrected chi connectivity index (χ2v) is 11.3. The predicted molar refractivity (Wildman–Crippen MR) is 126 cm³/mol. The lowest BCUT2D eigenvalue weighted by molar-refractivity contribution is 0.0790. The minimum absolute atomic E-state index is 0.418. The largest absolute Gasteiger partial charge is 0.300 e. The first-order chi connectivity index (χ1) is 14.5. The quantitative estimate of drug-likeness (QED) is 0.533. The zero-order valence-corrected chi connectivity index (χ0v) is 20.0. The number of nitrogens with zero attached hydrogens (tertiary/aromatic N) is 3. The number of likely N-dealkylation sites (tertiary alicyclic amines) is 1. The van der Waals surface area contributed by atoms with Gasteiger partial charge in [-0.25, -0.2) is 9.97 Å². The molecule has 1 aliphatic heterocycles. The first-order valence-corrected chi connectivity index (χ1v) is 13.1. The van der Waals surface area contributed by atoms with Crippen molar-refractivity contribution in [3.63, 3.8) is 0 Å². The first-order valence-electron chi connectivity index (χ1n) is 13.1. The Morgan fingerprint density at radius 1 is 0.733 bits per heavy atom. The molecule has 3 heteroatoms. The molecule has 3 nitrogen and oxygen atoms in total. The summed E-state index contributed by atoms with van der Waals surface area (Å²) in [7, 11) is 0. The summed E-state index contributed by atoms with van der Waals surface area (Å²) in [5.74, 6) is 6.03. The van der Waals surface area contributed by atoms with E-state index < -0.39 is 0 Å². The van der Waals surface area contributed by atoms with Crippen LogP contribution in [-0.2, 0) is 0 Å². The average Bonchev–Trinajstić information content (AvgIpc) is 2.79. The number of piperidine rings is 1. The van der Waals surface area contributed by atoms with Gasteiger partial charge in [0.05, 0.1) is 0 Å². The lowest BCUT2D eigenvalue weighted by Gasteiger charge is -2.43. The van der Waals surface area contributed by atoms with Crippen LogP contribution in [0.1, 0.15) is 115 Å². The van der Waals surface area contributed by atoms with E-state index in [1.807, 2.05) is 0 Å². The number of hydrogen-bond donors (Lipinski definition) is 0. The topological polar surface area (TPSA) is 29.0 Å². The van der Waals surface area contributed by atoms with Crippen LogP contribution in [0.3, 0.4) is 0 Å². The predicted octanol–water partition coefficient (Wildman–Crippen LogP) is 6.80. The number of aromatic nitrogens is 2. The van der Waals surface area contributed by atoms with Gasteiger partial charge in [-0.1, -0.05) is 27.7 Å². The Hall–Kier alpha value is -0.960. The number of hydrogen-bond acceptors (Lipinski definition) is 3. The SMILES string of the molecule is CC(C)c1ncc(C2CCN(C3CCC([C@H]4CC[C@H](C(C)C)CC4)CC3)CC2)cn1. The average molecular weight is 412 g/mol. The van der Waals surface area contributed by atoms with Gasteiger partial charge in [0.1, 0.15) is 5.82 Å². The summed E-state index contributed by atoms with van der Waals surface area (Å²) in [4.78, 5) is 12.0. The summed E-state index contributed by atoms with van der Waals surface area (Å²) in [5.41, 5.74) is 1.36. The van der Waals surface area contributed by atoms with Crippen molar-refractivity contribution in [3.05, 3.63) is 23.8 Å². The van der Waals surface area contributed by atoms with E-state index in [0.717, 1.165) is 35.5 Å². The smallest absolute Gasteiger partial charge is 0.130 e. The molecule has 0 bridgehead atoms. The zero-order chi connectivity index (χ0) is 21.1. The third-order valence-corrected chi connectivity index (χ3v) is 8.89. The van der Waals surface area contributed by atoms with Gasteiger partial charge in [0.25, 0.3) is 0 Å². The van der Waals surface area contributed by atoms with Crippen molar-refractivity contribution in [2.45, 2.75) is 110 Å². The molecule has 3 fully saturated rings. The van der Waals surface area contributed by atoms with Gasteiger partial charge in [-0.2, -0.15) is 0 Å². The minimum Gasteiger partial charge on any atom is -0.300 e. The molecule has 168 valence electrons. The summed E-state index contributed by atoms with van der Waals surface area (Å²) < 4.78 is 0. The molecule has 2 saturated carbocycles. The zero-order valence-electron chi connectivity index (χ0n) is 20.0. The van der Waals surface area contributed by atoms with Crippen molar-refractivity contribution in [1.82, 2.24) is 14.9 Å². The highest BCUT2D eigenvalue weighted by atomic mass is 15.2. The molecule has 2 aliphatic carbocycles. The molecule has 0 aromatic carbocycles. The molecule has 0 spiro atoms. The normalized spacial score (nSPS) is 32.1. The van der Waals surface area contributed by atoms with Crippen LogP contribution in [0.25, 0.3) is 0 Å². The highest BCUT2D eigenvalue weighted by Crippen LogP contribution is 2.43. The van der Waals surface area contributed by atoms with Gasteiger partial charge < -0.3 is 4.90 Å². The van der Waals surface area contributed by atoms with Gasteiger partial charge in [-0.05, 0) is 112 Å². The highest BCUT2D eigenvalue weighted by molar-refractivity contribution is 5.14. The lowest BCUT2D eigenvalue weighted by atomic mass is 9.68. The molecule has 0 atom stereocenters. The minimum atomic E-state index is 0.418. The summed E-state index contributed by atoms with van der Waals surface area (Å²) in [6, 6.07) is 0.855. The van der Waals surface area contributed by atoms with E-state index in [2.05, 4.69) is 55.0 Å². The van der Waals surface area contributed by atoms with Crippen molar-refractivity contribution in [1.29, 1.82) is 0 Å². The van der Waals surface area contributed by atoms with Crippen molar-refractivity contribution >= 4 is 0 Å². The van der Waals surface area contributed by atoms with Gasteiger partial charge in [0.2, 0.25) is 0 Å². The van der Waals surface area contributed by atoms with Gasteiger partial charge >= 0.3 is 0 Å². The van der Waals surface area contributed by atoms with Gasteiger partial charge in [0.15, 0.2) is 0 Å². The maximum Gasteiger partial charge on any atom is 0.130 e. The summed E-state index contributed by atoms with van der Waals surface area (Å²) >= 11 is 0. The summed E-state index contributed by atoms with van der Waals surface area (Å²) in [6.07, 6.45) is 18.7. The summed E-state index contributed by atoms with van der Waals surface area (Å²) in [5, 5.41) is 0. The molecule has 4 rings (SSSR count). The van der Waals surface area contributed by atoms with E-state index in [4.69, 9.17) is 0 Å². The molecular formula is C27H45N3. The second-order valence-electron chi connectivity index (χ2n) is 11.3. The van der Waals surface area contributed by atoms with E-state index in [-0.39, 0.29) is 0 Å². The molecule has 1 saturated heterocycles. The second kappa shape index (κ2) is 10.1. The van der Waals surface area contributed by atoms with Crippen LogP contribution < -0.4 is 0 Å². The van der Waals surface area contributed by atoms with Crippen LogP contribution in [-0.4, -0.2) is 34.0 Å². The lowest BCUT2D eigenvalue weighted by Crippen LogP contribution is -2.43. The Balaban J connectivity index is 1.20. The molecule has 2 heterocycles. The van der Waals surface area contributed by atoms with Crippen molar-refractivity contribution in [2.75, 3.05) is 13.1 Å². The van der Waals surface area contributed by atoms with Crippen LogP contribution in [0, 0.1) is 23.7 Å². The van der Waals surface area contributed by atoms with Crippen molar-refractivity contribution in [2.24, 2.45) is 23.7 Å². The Bertz CT molecular complexity index is 629. The first kappa shape index (κ1) is 22.2. The maximum absolute atomic E-state index is 4.60. The molecule has 0 N–H and O–H groups in total.